The highest BCUT2D eigenvalue weighted by Gasteiger charge is 2.42. The summed E-state index contributed by atoms with van der Waals surface area (Å²) in [6.45, 7) is 0. The van der Waals surface area contributed by atoms with Crippen molar-refractivity contribution in [3.05, 3.63) is 71.8 Å². The molecule has 0 spiro atoms. The fourth-order valence-electron chi connectivity index (χ4n) is 2.32. The second-order valence-electron chi connectivity index (χ2n) is 4.86. The molecule has 2 N–H and O–H groups in total. The SMILES string of the molecule is COC(=O)N[C@](Cc1ccccc1)(C(=O)O)c1ccccc1. The first-order valence-electron chi connectivity index (χ1n) is 6.77. The smallest absolute Gasteiger partial charge is 0.408 e. The van der Waals surface area contributed by atoms with Crippen LogP contribution in [0.15, 0.2) is 60.7 Å². The zero-order valence-corrected chi connectivity index (χ0v) is 12.2. The molecule has 2 rings (SSSR count). The van der Waals surface area contributed by atoms with Crippen molar-refractivity contribution in [2.45, 2.75) is 12.0 Å². The number of carbonyl (C=O) groups is 2. The summed E-state index contributed by atoms with van der Waals surface area (Å²) in [7, 11) is 1.20. The van der Waals surface area contributed by atoms with E-state index in [1.54, 1.807) is 30.3 Å². The number of nitrogens with one attached hydrogen (secondary N) is 1. The first-order chi connectivity index (χ1) is 10.6. The predicted octanol–water partition coefficient (Wildman–Crippen LogP) is 2.57. The third-order valence-electron chi connectivity index (χ3n) is 3.44. The van der Waals surface area contributed by atoms with Gasteiger partial charge >= 0.3 is 12.1 Å². The highest BCUT2D eigenvalue weighted by Crippen LogP contribution is 2.27. The van der Waals surface area contributed by atoms with Crippen LogP contribution in [0.5, 0.6) is 0 Å². The minimum atomic E-state index is -1.59. The lowest BCUT2D eigenvalue weighted by atomic mass is 9.84. The van der Waals surface area contributed by atoms with Gasteiger partial charge < -0.3 is 15.2 Å². The van der Waals surface area contributed by atoms with Crippen molar-refractivity contribution in [1.29, 1.82) is 0 Å². The zero-order chi connectivity index (χ0) is 16.0. The van der Waals surface area contributed by atoms with E-state index in [-0.39, 0.29) is 6.42 Å². The molecule has 5 heteroatoms. The largest absolute Gasteiger partial charge is 0.479 e. The average molecular weight is 299 g/mol. The van der Waals surface area contributed by atoms with E-state index in [4.69, 9.17) is 0 Å². The van der Waals surface area contributed by atoms with Crippen LogP contribution in [-0.4, -0.2) is 24.3 Å². The van der Waals surface area contributed by atoms with Gasteiger partial charge in [0.25, 0.3) is 0 Å². The summed E-state index contributed by atoms with van der Waals surface area (Å²) < 4.78 is 4.60. The van der Waals surface area contributed by atoms with Crippen LogP contribution < -0.4 is 5.32 Å². The molecule has 1 amide bonds. The molecule has 114 valence electrons. The van der Waals surface area contributed by atoms with Crippen LogP contribution in [0, 0.1) is 0 Å². The van der Waals surface area contributed by atoms with Gasteiger partial charge in [-0.2, -0.15) is 0 Å². The Hall–Kier alpha value is -2.82. The van der Waals surface area contributed by atoms with Crippen LogP contribution in [-0.2, 0) is 21.5 Å². The van der Waals surface area contributed by atoms with E-state index in [0.717, 1.165) is 5.56 Å². The molecule has 0 unspecified atom stereocenters. The van der Waals surface area contributed by atoms with E-state index in [1.807, 2.05) is 30.3 Å². The Balaban J connectivity index is 2.50. The van der Waals surface area contributed by atoms with Gasteiger partial charge in [-0.1, -0.05) is 60.7 Å². The Bertz CT molecular complexity index is 642. The Morgan fingerprint density at radius 2 is 1.59 bits per heavy atom. The number of carboxylic acid groups (broad SMARTS) is 1. The van der Waals surface area contributed by atoms with Crippen molar-refractivity contribution in [3.63, 3.8) is 0 Å². The molecule has 22 heavy (non-hydrogen) atoms. The maximum absolute atomic E-state index is 12.0. The fourth-order valence-corrected chi connectivity index (χ4v) is 2.32. The number of ether oxygens (including phenoxy) is 1. The normalized spacial score (nSPS) is 13.0. The number of rotatable bonds is 5. The molecule has 0 aliphatic rings. The summed E-state index contributed by atoms with van der Waals surface area (Å²) in [5.74, 6) is -1.15. The van der Waals surface area contributed by atoms with Crippen molar-refractivity contribution >= 4 is 12.1 Å². The van der Waals surface area contributed by atoms with Gasteiger partial charge in [-0.15, -0.1) is 0 Å². The van der Waals surface area contributed by atoms with Crippen LogP contribution in [0.3, 0.4) is 0 Å². The minimum absolute atomic E-state index is 0.113. The molecular formula is C17H17NO4. The van der Waals surface area contributed by atoms with E-state index in [0.29, 0.717) is 5.56 Å². The number of aliphatic carboxylic acids is 1. The lowest BCUT2D eigenvalue weighted by molar-refractivity contribution is -0.145. The number of carboxylic acids is 1. The molecule has 0 radical (unpaired) electrons. The molecule has 0 heterocycles. The van der Waals surface area contributed by atoms with Crippen LogP contribution in [0.25, 0.3) is 0 Å². The number of alkyl carbamates (subject to hydrolysis) is 1. The van der Waals surface area contributed by atoms with E-state index >= 15 is 0 Å². The van der Waals surface area contributed by atoms with Gasteiger partial charge in [0, 0.05) is 6.42 Å². The van der Waals surface area contributed by atoms with E-state index in [1.165, 1.54) is 7.11 Å². The Kier molecular flexibility index (Phi) is 4.78. The second kappa shape index (κ2) is 6.76. The van der Waals surface area contributed by atoms with Gasteiger partial charge in [-0.3, -0.25) is 0 Å². The second-order valence-corrected chi connectivity index (χ2v) is 4.86. The van der Waals surface area contributed by atoms with Crippen LogP contribution in [0.1, 0.15) is 11.1 Å². The predicted molar refractivity (Wildman–Crippen MR) is 81.4 cm³/mol. The number of hydrogen-bond acceptors (Lipinski definition) is 3. The number of amides is 1. The molecule has 0 fully saturated rings. The maximum Gasteiger partial charge on any atom is 0.408 e. The first-order valence-corrected chi connectivity index (χ1v) is 6.77. The third-order valence-corrected chi connectivity index (χ3v) is 3.44. The first kappa shape index (κ1) is 15.6. The van der Waals surface area contributed by atoms with E-state index in [2.05, 4.69) is 10.1 Å². The van der Waals surface area contributed by atoms with Crippen LogP contribution >= 0.6 is 0 Å². The minimum Gasteiger partial charge on any atom is -0.479 e. The summed E-state index contributed by atoms with van der Waals surface area (Å²) in [5, 5.41) is 12.3. The topological polar surface area (TPSA) is 75.6 Å². The zero-order valence-electron chi connectivity index (χ0n) is 12.2. The number of methoxy groups -OCH3 is 1. The van der Waals surface area contributed by atoms with Crippen molar-refractivity contribution < 1.29 is 19.4 Å². The van der Waals surface area contributed by atoms with Crippen molar-refractivity contribution in [2.75, 3.05) is 7.11 Å². The monoisotopic (exact) mass is 299 g/mol. The molecule has 0 bridgehead atoms. The molecule has 5 nitrogen and oxygen atoms in total. The summed E-state index contributed by atoms with van der Waals surface area (Å²) >= 11 is 0. The highest BCUT2D eigenvalue weighted by atomic mass is 16.5. The Morgan fingerprint density at radius 1 is 1.05 bits per heavy atom. The molecule has 0 saturated carbocycles. The molecule has 0 aromatic heterocycles. The number of hydrogen-bond donors (Lipinski definition) is 2. The fraction of sp³-hybridized carbons (Fsp3) is 0.176. The highest BCUT2D eigenvalue weighted by molar-refractivity contribution is 5.86. The third kappa shape index (κ3) is 3.25. The van der Waals surface area contributed by atoms with E-state index < -0.39 is 17.6 Å². The van der Waals surface area contributed by atoms with Crippen molar-refractivity contribution in [2.24, 2.45) is 0 Å². The molecule has 0 saturated heterocycles. The van der Waals surface area contributed by atoms with Gasteiger partial charge in [0.15, 0.2) is 5.54 Å². The van der Waals surface area contributed by atoms with Crippen LogP contribution in [0.2, 0.25) is 0 Å². The average Bonchev–Trinajstić information content (AvgIpc) is 2.55. The number of benzene rings is 2. The van der Waals surface area contributed by atoms with Gasteiger partial charge in [-0.05, 0) is 11.1 Å². The van der Waals surface area contributed by atoms with Crippen LogP contribution in [0.4, 0.5) is 4.79 Å². The van der Waals surface area contributed by atoms with Gasteiger partial charge in [-0.25, -0.2) is 9.59 Å². The van der Waals surface area contributed by atoms with Gasteiger partial charge in [0.05, 0.1) is 7.11 Å². The Morgan fingerprint density at radius 3 is 2.09 bits per heavy atom. The molecule has 2 aromatic rings. The van der Waals surface area contributed by atoms with Crippen molar-refractivity contribution in [1.82, 2.24) is 5.32 Å². The summed E-state index contributed by atoms with van der Waals surface area (Å²) in [6.07, 6.45) is -0.676. The summed E-state index contributed by atoms with van der Waals surface area (Å²) in [4.78, 5) is 23.7. The molecule has 0 aliphatic heterocycles. The Labute approximate surface area is 128 Å². The summed E-state index contributed by atoms with van der Waals surface area (Å²) in [6, 6.07) is 17.7. The maximum atomic E-state index is 12.0. The lowest BCUT2D eigenvalue weighted by Gasteiger charge is -2.30. The summed E-state index contributed by atoms with van der Waals surface area (Å²) in [5.41, 5.74) is -0.308. The molecule has 1 atom stereocenters. The molecule has 0 aliphatic carbocycles. The van der Waals surface area contributed by atoms with Crippen molar-refractivity contribution in [3.8, 4) is 0 Å². The lowest BCUT2D eigenvalue weighted by Crippen LogP contribution is -2.53. The van der Waals surface area contributed by atoms with Gasteiger partial charge in [0.2, 0.25) is 0 Å². The molecular weight excluding hydrogens is 282 g/mol. The standard InChI is InChI=1S/C17H17NO4/c1-22-16(21)18-17(15(19)20,14-10-6-3-7-11-14)12-13-8-4-2-5-9-13/h2-11H,12H2,1H3,(H,18,21)(H,19,20)/t17-/m0/s1. The number of carbonyl (C=O) groups excluding carboxylic acids is 1. The van der Waals surface area contributed by atoms with E-state index in [9.17, 15) is 14.7 Å². The molecule has 2 aromatic carbocycles. The van der Waals surface area contributed by atoms with Gasteiger partial charge in [0.1, 0.15) is 0 Å². The quantitative estimate of drug-likeness (QED) is 0.889.